The van der Waals surface area contributed by atoms with E-state index < -0.39 is 7.82 Å². The molecule has 4 rings (SSSR count). The Hall–Kier alpha value is -4.27. The molecule has 0 unspecified atom stereocenters. The van der Waals surface area contributed by atoms with E-state index in [0.717, 1.165) is 5.56 Å². The number of hydrogen-bond acceptors (Lipinski definition) is 6. The first-order chi connectivity index (χ1) is 16.1. The number of hydrogen-bond donors (Lipinski definition) is 0. The molecule has 0 amide bonds. The van der Waals surface area contributed by atoms with E-state index in [1.807, 2.05) is 42.5 Å². The summed E-state index contributed by atoms with van der Waals surface area (Å²) in [6.07, 6.45) is 3.40. The van der Waals surface area contributed by atoms with Crippen molar-refractivity contribution in [3.63, 3.8) is 0 Å². The first-order valence-electron chi connectivity index (χ1n) is 10.1. The van der Waals surface area contributed by atoms with E-state index in [4.69, 9.17) is 13.7 Å². The Morgan fingerprint density at radius 2 is 1.36 bits per heavy atom. The van der Waals surface area contributed by atoms with Gasteiger partial charge in [0, 0.05) is 7.05 Å². The van der Waals surface area contributed by atoms with E-state index >= 15 is 0 Å². The van der Waals surface area contributed by atoms with Gasteiger partial charge in [0.05, 0.1) is 11.3 Å². The number of oxime groups is 1. The molecule has 1 aliphatic heterocycles. The number of benzene rings is 3. The van der Waals surface area contributed by atoms with Crippen molar-refractivity contribution >= 4 is 19.2 Å². The number of amidine groups is 1. The molecule has 0 radical (unpaired) electrons. The number of para-hydroxylation sites is 2. The van der Waals surface area contributed by atoms with Crippen LogP contribution in [0.25, 0.3) is 5.57 Å². The van der Waals surface area contributed by atoms with E-state index in [1.54, 1.807) is 72.6 Å². The van der Waals surface area contributed by atoms with Crippen molar-refractivity contribution in [2.45, 2.75) is 0 Å². The molecule has 0 saturated carbocycles. The molecule has 0 N–H and O–H groups in total. The van der Waals surface area contributed by atoms with Gasteiger partial charge in [-0.15, -0.1) is 0 Å². The highest BCUT2D eigenvalue weighted by Crippen LogP contribution is 2.50. The molecule has 3 aromatic carbocycles. The number of phosphoric ester groups is 1. The Morgan fingerprint density at radius 3 is 1.88 bits per heavy atom. The first-order valence-corrected chi connectivity index (χ1v) is 11.5. The van der Waals surface area contributed by atoms with Gasteiger partial charge in [0.25, 0.3) is 0 Å². The summed E-state index contributed by atoms with van der Waals surface area (Å²) in [6.45, 7) is 0. The predicted molar refractivity (Wildman–Crippen MR) is 126 cm³/mol. The number of likely N-dealkylation sites (N-methyl/N-ethyl adjacent to an activating group) is 1. The fourth-order valence-electron chi connectivity index (χ4n) is 3.08. The minimum atomic E-state index is -4.18. The van der Waals surface area contributed by atoms with Crippen LogP contribution >= 0.6 is 7.82 Å². The molecule has 0 aromatic heterocycles. The zero-order valence-electron chi connectivity index (χ0n) is 17.7. The van der Waals surface area contributed by atoms with E-state index in [2.05, 4.69) is 11.2 Å². The maximum absolute atomic E-state index is 13.4. The van der Waals surface area contributed by atoms with Gasteiger partial charge in [-0.05, 0) is 42.0 Å². The van der Waals surface area contributed by atoms with Crippen LogP contribution in [0.1, 0.15) is 5.56 Å². The molecule has 1 heterocycles. The van der Waals surface area contributed by atoms with Crippen molar-refractivity contribution in [1.82, 2.24) is 4.90 Å². The Bertz CT molecular complexity index is 1240. The lowest BCUT2D eigenvalue weighted by Crippen LogP contribution is -2.20. The Morgan fingerprint density at radius 1 is 0.848 bits per heavy atom. The topological polar surface area (TPSA) is 84.2 Å². The van der Waals surface area contributed by atoms with Crippen molar-refractivity contribution in [2.24, 2.45) is 5.16 Å². The van der Waals surface area contributed by atoms with Crippen LogP contribution in [0.4, 0.5) is 0 Å². The largest absolute Gasteiger partial charge is 0.668 e. The minimum absolute atomic E-state index is 0.309. The quantitative estimate of drug-likeness (QED) is 0.245. The normalized spacial score (nSPS) is 15.8. The zero-order valence-corrected chi connectivity index (χ0v) is 18.6. The van der Waals surface area contributed by atoms with E-state index in [9.17, 15) is 9.83 Å². The lowest BCUT2D eigenvalue weighted by molar-refractivity contribution is 0.216. The molecule has 8 heteroatoms. The highest BCUT2D eigenvalue weighted by molar-refractivity contribution is 7.49. The smallest absolute Gasteiger partial charge is 0.385 e. The zero-order chi connectivity index (χ0) is 23.1. The van der Waals surface area contributed by atoms with Gasteiger partial charge in [0.2, 0.25) is 0 Å². The highest BCUT2D eigenvalue weighted by Gasteiger charge is 2.34. The van der Waals surface area contributed by atoms with E-state index in [1.165, 1.54) is 0 Å². The molecule has 0 saturated heterocycles. The van der Waals surface area contributed by atoms with Crippen LogP contribution in [0.5, 0.6) is 11.5 Å². The lowest BCUT2D eigenvalue weighted by atomic mass is 10.1. The molecule has 7 nitrogen and oxygen atoms in total. The standard InChI is InChI=1S/C25H20N3O4P/c1-28-24(23(19-26)20-11-5-2-6-12-20)17-18-25(28)27-32-33(29,30-21-13-7-3-8-14-21)31-22-15-9-4-10-16-22/h2-18H,1H3/b24-23-,27-25+. The summed E-state index contributed by atoms with van der Waals surface area (Å²) in [5.74, 6) is 0.953. The number of nitrogens with zero attached hydrogens (tertiary/aromatic N) is 3. The fourth-order valence-corrected chi connectivity index (χ4v) is 4.13. The van der Waals surface area contributed by atoms with Crippen LogP contribution < -0.4 is 9.05 Å². The van der Waals surface area contributed by atoms with Crippen LogP contribution in [-0.4, -0.2) is 17.8 Å². The second kappa shape index (κ2) is 9.90. The average molecular weight is 457 g/mol. The van der Waals surface area contributed by atoms with Crippen molar-refractivity contribution in [3.05, 3.63) is 114 Å². The van der Waals surface area contributed by atoms with Crippen LogP contribution in [0.2, 0.25) is 0 Å². The third-order valence-electron chi connectivity index (χ3n) is 4.68. The summed E-state index contributed by atoms with van der Waals surface area (Å²) in [5.41, 5.74) is 1.89. The van der Waals surface area contributed by atoms with Gasteiger partial charge in [0.1, 0.15) is 17.6 Å². The van der Waals surface area contributed by atoms with Crippen LogP contribution in [-0.2, 0) is 9.19 Å². The minimum Gasteiger partial charge on any atom is -0.385 e. The monoisotopic (exact) mass is 457 g/mol. The summed E-state index contributed by atoms with van der Waals surface area (Å²) in [6, 6.07) is 28.7. The molecule has 0 atom stereocenters. The number of rotatable bonds is 7. The molecule has 0 bridgehead atoms. The van der Waals surface area contributed by atoms with Gasteiger partial charge in [-0.3, -0.25) is 4.62 Å². The van der Waals surface area contributed by atoms with Crippen LogP contribution in [0.3, 0.4) is 0 Å². The summed E-state index contributed by atoms with van der Waals surface area (Å²) in [5, 5.41) is 13.7. The number of nitriles is 1. The molecule has 164 valence electrons. The summed E-state index contributed by atoms with van der Waals surface area (Å²) >= 11 is 0. The van der Waals surface area contributed by atoms with Gasteiger partial charge in [0.15, 0.2) is 5.84 Å². The molecular formula is C25H20N3O4P. The second-order valence-electron chi connectivity index (χ2n) is 6.92. The molecular weight excluding hydrogens is 437 g/mol. The van der Waals surface area contributed by atoms with Gasteiger partial charge in [-0.1, -0.05) is 71.9 Å². The van der Waals surface area contributed by atoms with Gasteiger partial charge in [-0.25, -0.2) is 0 Å². The molecule has 33 heavy (non-hydrogen) atoms. The number of allylic oxidation sites excluding steroid dienone is 2. The second-order valence-corrected chi connectivity index (χ2v) is 8.34. The summed E-state index contributed by atoms with van der Waals surface area (Å²) in [4.78, 5) is 1.67. The van der Waals surface area contributed by atoms with Gasteiger partial charge >= 0.3 is 7.82 Å². The van der Waals surface area contributed by atoms with E-state index in [-0.39, 0.29) is 0 Å². The Kier molecular flexibility index (Phi) is 6.58. The van der Waals surface area contributed by atoms with Gasteiger partial charge < -0.3 is 13.9 Å². The van der Waals surface area contributed by atoms with Crippen LogP contribution in [0, 0.1) is 11.3 Å². The van der Waals surface area contributed by atoms with Crippen molar-refractivity contribution in [2.75, 3.05) is 7.05 Å². The third kappa shape index (κ3) is 5.32. The SMILES string of the molecule is CN1/C(=N/OP(=O)(Oc2ccccc2)Oc2ccccc2)C=C/C1=C(\C#N)c1ccccc1. The lowest BCUT2D eigenvalue weighted by Gasteiger charge is -2.19. The maximum Gasteiger partial charge on any atom is 0.668 e. The molecule has 0 spiro atoms. The van der Waals surface area contributed by atoms with E-state index in [0.29, 0.717) is 28.6 Å². The fraction of sp³-hybridized carbons (Fsp3) is 0.0400. The molecule has 1 aliphatic rings. The van der Waals surface area contributed by atoms with Crippen molar-refractivity contribution < 1.29 is 18.2 Å². The van der Waals surface area contributed by atoms with Gasteiger partial charge in [-0.2, -0.15) is 9.83 Å². The third-order valence-corrected chi connectivity index (χ3v) is 5.83. The Balaban J connectivity index is 1.60. The maximum atomic E-state index is 13.4. The van der Waals surface area contributed by atoms with Crippen LogP contribution in [0.15, 0.2) is 114 Å². The highest BCUT2D eigenvalue weighted by atomic mass is 31.2. The molecule has 0 fully saturated rings. The van der Waals surface area contributed by atoms with Crippen molar-refractivity contribution in [1.29, 1.82) is 5.26 Å². The average Bonchev–Trinajstić information content (AvgIpc) is 3.20. The molecule has 0 aliphatic carbocycles. The predicted octanol–water partition coefficient (Wildman–Crippen LogP) is 6.02. The first kappa shape index (κ1) is 21.9. The molecule has 3 aromatic rings. The summed E-state index contributed by atoms with van der Waals surface area (Å²) in [7, 11) is -2.44. The number of phosphoric acid groups is 1. The van der Waals surface area contributed by atoms with Crippen molar-refractivity contribution in [3.8, 4) is 17.6 Å². The summed E-state index contributed by atoms with van der Waals surface area (Å²) < 4.78 is 29.9. The Labute approximate surface area is 192 Å².